The molecule has 0 amide bonds. The lowest BCUT2D eigenvalue weighted by molar-refractivity contribution is 0.0382. The summed E-state index contributed by atoms with van der Waals surface area (Å²) >= 11 is 0. The van der Waals surface area contributed by atoms with Crippen LogP contribution in [-0.4, -0.2) is 27.9 Å². The maximum Gasteiger partial charge on any atom is 0.243 e. The van der Waals surface area contributed by atoms with Gasteiger partial charge in [-0.25, -0.2) is 0 Å². The van der Waals surface area contributed by atoms with E-state index in [0.717, 1.165) is 35.5 Å². The Morgan fingerprint density at radius 2 is 0.802 bits per heavy atom. The van der Waals surface area contributed by atoms with E-state index < -0.39 is 0 Å². The van der Waals surface area contributed by atoms with Gasteiger partial charge in [0, 0.05) is 61.5 Å². The molecular weight excluding hydrogens is 1100 g/mol. The van der Waals surface area contributed by atoms with Gasteiger partial charge >= 0.3 is 0 Å². The van der Waals surface area contributed by atoms with Crippen molar-refractivity contribution in [3.8, 4) is 33.6 Å². The number of para-hydroxylation sites is 2. The summed E-state index contributed by atoms with van der Waals surface area (Å²) in [5.41, 5.74) is 33.0. The summed E-state index contributed by atoms with van der Waals surface area (Å²) < 4.78 is 5.19. The largest absolute Gasteiger partial charge is 0.365 e. The molecular formula is C87H90BN3. The lowest BCUT2D eigenvalue weighted by atomic mass is 9.33. The maximum atomic E-state index is 3.11. The van der Waals surface area contributed by atoms with Crippen molar-refractivity contribution in [1.29, 1.82) is 0 Å². The zero-order valence-corrected chi connectivity index (χ0v) is 56.1. The predicted octanol–water partition coefficient (Wildman–Crippen LogP) is 20.1. The van der Waals surface area contributed by atoms with E-state index in [4.69, 9.17) is 0 Å². The van der Waals surface area contributed by atoms with Crippen LogP contribution < -0.4 is 21.3 Å². The molecule has 1 saturated heterocycles. The zero-order valence-electron chi connectivity index (χ0n) is 56.1. The molecule has 7 aliphatic rings. The molecule has 0 radical (unpaired) electrons. The second kappa shape index (κ2) is 19.7. The van der Waals surface area contributed by atoms with E-state index in [1.54, 1.807) is 0 Å². The van der Waals surface area contributed by atoms with Gasteiger partial charge in [0.1, 0.15) is 0 Å². The Morgan fingerprint density at radius 3 is 1.31 bits per heavy atom. The van der Waals surface area contributed by atoms with Crippen LogP contribution in [0, 0.1) is 82.5 Å². The fourth-order valence-electron chi connectivity index (χ4n) is 23.4. The van der Waals surface area contributed by atoms with Crippen molar-refractivity contribution in [2.45, 2.75) is 170 Å². The van der Waals surface area contributed by atoms with Gasteiger partial charge in [-0.2, -0.15) is 0 Å². The molecule has 4 heteroatoms. The number of hydrogen-bond acceptors (Lipinski definition) is 1. The number of nitrogens with zero attached hydrogens (tertiary/aromatic N) is 3. The second-order valence-electron chi connectivity index (χ2n) is 31.9. The molecule has 456 valence electrons. The highest BCUT2D eigenvalue weighted by Gasteiger charge is 2.65. The molecule has 9 aromatic carbocycles. The molecule has 0 N–H and O–H groups in total. The van der Waals surface area contributed by atoms with Crippen molar-refractivity contribution < 1.29 is 0 Å². The highest BCUT2D eigenvalue weighted by atomic mass is 15.2. The van der Waals surface area contributed by atoms with Gasteiger partial charge in [-0.05, 0) is 226 Å². The predicted molar refractivity (Wildman–Crippen MR) is 387 cm³/mol. The van der Waals surface area contributed by atoms with Gasteiger partial charge in [-0.1, -0.05) is 214 Å². The van der Waals surface area contributed by atoms with Gasteiger partial charge in [-0.3, -0.25) is 0 Å². The quantitative estimate of drug-likeness (QED) is 0.151. The monoisotopic (exact) mass is 1190 g/mol. The number of aromatic nitrogens is 2. The summed E-state index contributed by atoms with van der Waals surface area (Å²) in [5.74, 6) is 5.26. The van der Waals surface area contributed by atoms with Crippen LogP contribution in [0.3, 0.4) is 0 Å². The molecule has 3 heterocycles. The molecule has 18 rings (SSSR count). The molecule has 5 fully saturated rings. The maximum absolute atomic E-state index is 3.11. The molecule has 1 aliphatic heterocycles. The summed E-state index contributed by atoms with van der Waals surface area (Å²) in [7, 11) is 0. The molecule has 91 heavy (non-hydrogen) atoms. The minimum atomic E-state index is -0.134. The first kappa shape index (κ1) is 56.2. The summed E-state index contributed by atoms with van der Waals surface area (Å²) in [6, 6.07) is 63.2. The van der Waals surface area contributed by atoms with Crippen LogP contribution in [0.5, 0.6) is 0 Å². The van der Waals surface area contributed by atoms with Crippen molar-refractivity contribution in [1.82, 2.24) is 9.13 Å². The normalized spacial score (nSPS) is 24.5. The Kier molecular flexibility index (Phi) is 12.2. The van der Waals surface area contributed by atoms with Crippen molar-refractivity contribution in [2.24, 2.45) is 40.9 Å². The van der Waals surface area contributed by atoms with Gasteiger partial charge < -0.3 is 14.0 Å². The van der Waals surface area contributed by atoms with Crippen molar-refractivity contribution in [3.05, 3.63) is 213 Å². The third-order valence-electron chi connectivity index (χ3n) is 26.4. The Balaban J connectivity index is 0.813. The van der Waals surface area contributed by atoms with E-state index in [-0.39, 0.29) is 17.5 Å². The number of aryl methyl sites for hydroxylation is 6. The average molecular weight is 1190 g/mol. The first-order valence-electron chi connectivity index (χ1n) is 35.4. The van der Waals surface area contributed by atoms with Crippen LogP contribution in [0.1, 0.15) is 161 Å². The standard InChI is InChI=1S/C87H90BN3/c1-49-43-55(89-70-34-22-16-28-64(70)76-73(89)40-37-61-58-25-13-19-31-67(58)85(7,8)79(61)76)44-50(2)82(49)88(83-51(3)45-56(46-52(83)4)90-71-35-23-17-29-65(71)77-74(90)41-38-62-59-26-14-20-32-68(59)86(9,10)80(62)77)84-53(5)47-57(48-54(84)6)91-72-36-24-18-30-66(72)78-75(91)42-39-63-60-27-15-21-33-69(60)87(11,12)81(63)78/h13-14,16-17,19-20,22-23,25-26,28-29,31-32,34-35,37-38,40-41,43-48,60,63,66,69,72,75,78,81H,15,18,21,24,27,30,33,36,39,42H2,1-12H3. The third-order valence-corrected chi connectivity index (χ3v) is 26.4. The summed E-state index contributed by atoms with van der Waals surface area (Å²) in [4.78, 5) is 3.11. The van der Waals surface area contributed by atoms with Crippen LogP contribution >= 0.6 is 0 Å². The van der Waals surface area contributed by atoms with E-state index in [0.29, 0.717) is 17.5 Å². The van der Waals surface area contributed by atoms with E-state index in [1.807, 2.05) is 0 Å². The van der Waals surface area contributed by atoms with Gasteiger partial charge in [0.25, 0.3) is 0 Å². The number of benzene rings is 9. The van der Waals surface area contributed by atoms with Crippen LogP contribution in [0.25, 0.3) is 77.2 Å². The topological polar surface area (TPSA) is 13.1 Å². The molecule has 4 saturated carbocycles. The van der Waals surface area contributed by atoms with E-state index in [2.05, 4.69) is 255 Å². The number of hydrogen-bond donors (Lipinski definition) is 0. The summed E-state index contributed by atoms with van der Waals surface area (Å²) in [5, 5.41) is 5.42. The fraction of sp³-hybridized carbons (Fsp3) is 0.379. The zero-order chi connectivity index (χ0) is 62.0. The highest BCUT2D eigenvalue weighted by molar-refractivity contribution is 6.97. The first-order chi connectivity index (χ1) is 43.9. The highest BCUT2D eigenvalue weighted by Crippen LogP contribution is 2.69. The SMILES string of the molecule is Cc1cc(N2C3CCCCC3C3C2CCC2C4CCCCC4C(C)(C)C23)cc(C)c1B(c1c(C)cc(-n2c3ccccc3c3c4c(ccc32)-c2ccccc2C4(C)C)cc1C)c1c(C)cc(-n2c3ccccc3c3c4c(ccc32)-c2ccccc2C4(C)C)cc1C. The number of rotatable bonds is 6. The van der Waals surface area contributed by atoms with E-state index >= 15 is 0 Å². The summed E-state index contributed by atoms with van der Waals surface area (Å²) in [6.45, 7) is 30.0. The molecule has 6 aliphatic carbocycles. The summed E-state index contributed by atoms with van der Waals surface area (Å²) in [6.07, 6.45) is 14.2. The van der Waals surface area contributed by atoms with Crippen LogP contribution in [0.15, 0.2) is 158 Å². The number of anilines is 1. The van der Waals surface area contributed by atoms with Crippen molar-refractivity contribution in [2.75, 3.05) is 4.90 Å². The Hall–Kier alpha value is -7.56. The molecule has 2 aromatic heterocycles. The third kappa shape index (κ3) is 7.57. The van der Waals surface area contributed by atoms with Gasteiger partial charge in [0.2, 0.25) is 6.71 Å². The van der Waals surface area contributed by atoms with E-state index in [1.165, 1.54) is 219 Å². The van der Waals surface area contributed by atoms with Gasteiger partial charge in [-0.15, -0.1) is 0 Å². The lowest BCUT2D eigenvalue weighted by Crippen LogP contribution is -2.57. The smallest absolute Gasteiger partial charge is 0.243 e. The molecule has 8 atom stereocenters. The van der Waals surface area contributed by atoms with Crippen LogP contribution in [-0.2, 0) is 10.8 Å². The van der Waals surface area contributed by atoms with Gasteiger partial charge in [0.05, 0.1) is 22.1 Å². The molecule has 0 spiro atoms. The van der Waals surface area contributed by atoms with Crippen LogP contribution in [0.2, 0.25) is 0 Å². The van der Waals surface area contributed by atoms with Crippen LogP contribution in [0.4, 0.5) is 5.69 Å². The van der Waals surface area contributed by atoms with Crippen molar-refractivity contribution >= 4 is 72.4 Å². The Morgan fingerprint density at radius 1 is 0.374 bits per heavy atom. The molecule has 8 unspecified atom stereocenters. The Bertz CT molecular complexity index is 4610. The molecule has 11 aromatic rings. The van der Waals surface area contributed by atoms with Gasteiger partial charge in [0.15, 0.2) is 0 Å². The minimum Gasteiger partial charge on any atom is -0.365 e. The average Bonchev–Trinajstić information content (AvgIpc) is 1.58. The number of fused-ring (bicyclic) bond motifs is 21. The Labute approximate surface area is 541 Å². The molecule has 3 nitrogen and oxygen atoms in total. The molecule has 0 bridgehead atoms. The lowest BCUT2D eigenvalue weighted by Gasteiger charge is -2.47. The second-order valence-corrected chi connectivity index (χ2v) is 31.9. The first-order valence-corrected chi connectivity index (χ1v) is 35.4. The van der Waals surface area contributed by atoms with E-state index in [9.17, 15) is 0 Å². The van der Waals surface area contributed by atoms with Crippen molar-refractivity contribution in [3.63, 3.8) is 0 Å². The minimum absolute atomic E-state index is 0.00502. The fourth-order valence-corrected chi connectivity index (χ4v) is 23.4.